The molecule has 2 rings (SSSR count). The molecule has 1 N–H and O–H groups in total. The van der Waals surface area contributed by atoms with E-state index in [4.69, 9.17) is 10.00 Å². The number of carbonyl (C=O) groups is 1. The summed E-state index contributed by atoms with van der Waals surface area (Å²) >= 11 is 1.19. The summed E-state index contributed by atoms with van der Waals surface area (Å²) < 4.78 is 5.30. The van der Waals surface area contributed by atoms with Gasteiger partial charge >= 0.3 is 6.09 Å². The first-order valence-electron chi connectivity index (χ1n) is 7.11. The van der Waals surface area contributed by atoms with Gasteiger partial charge in [-0.1, -0.05) is 0 Å². The van der Waals surface area contributed by atoms with Crippen molar-refractivity contribution in [1.29, 1.82) is 5.26 Å². The maximum Gasteiger partial charge on any atom is 0.412 e. The summed E-state index contributed by atoms with van der Waals surface area (Å²) in [4.78, 5) is 12.9. The molecule has 4 nitrogen and oxygen atoms in total. The molecule has 0 atom stereocenters. The van der Waals surface area contributed by atoms with Crippen molar-refractivity contribution in [2.24, 2.45) is 0 Å². The van der Waals surface area contributed by atoms with E-state index in [1.54, 1.807) is 0 Å². The number of anilines is 1. The van der Waals surface area contributed by atoms with E-state index < -0.39 is 11.7 Å². The lowest BCUT2D eigenvalue weighted by molar-refractivity contribution is 0.0635. The summed E-state index contributed by atoms with van der Waals surface area (Å²) in [5, 5.41) is 13.9. The summed E-state index contributed by atoms with van der Waals surface area (Å²) in [6.45, 7) is 5.53. The van der Waals surface area contributed by atoms with E-state index in [1.165, 1.54) is 17.3 Å². The Morgan fingerprint density at radius 2 is 1.95 bits per heavy atom. The lowest BCUT2D eigenvalue weighted by Gasteiger charge is -2.24. The lowest BCUT2D eigenvalue weighted by Crippen LogP contribution is -2.27. The predicted octanol–water partition coefficient (Wildman–Crippen LogP) is 4.49. The number of rotatable bonds is 2. The van der Waals surface area contributed by atoms with E-state index in [2.05, 4.69) is 10.7 Å². The zero-order valence-electron chi connectivity index (χ0n) is 12.7. The monoisotopic (exact) mass is 304 g/mol. The summed E-state index contributed by atoms with van der Waals surface area (Å²) in [6, 6.07) is 3.78. The number of nitrogens with zero attached hydrogens (tertiary/aromatic N) is 1. The lowest BCUT2D eigenvalue weighted by atomic mass is 9.90. The molecule has 1 amide bonds. The number of nitriles is 1. The highest BCUT2D eigenvalue weighted by Gasteiger charge is 2.21. The molecule has 0 unspecified atom stereocenters. The zero-order chi connectivity index (χ0) is 15.5. The highest BCUT2D eigenvalue weighted by molar-refractivity contribution is 8.03. The fourth-order valence-electron chi connectivity index (χ4n) is 2.51. The molecule has 0 saturated heterocycles. The number of fused-ring (bicyclic) bond motifs is 1. The van der Waals surface area contributed by atoms with E-state index in [1.807, 2.05) is 32.9 Å². The van der Waals surface area contributed by atoms with Crippen molar-refractivity contribution in [3.05, 3.63) is 23.3 Å². The van der Waals surface area contributed by atoms with Crippen LogP contribution >= 0.6 is 11.8 Å². The molecule has 5 heteroatoms. The van der Waals surface area contributed by atoms with Crippen LogP contribution in [0.25, 0.3) is 0 Å². The van der Waals surface area contributed by atoms with E-state index in [-0.39, 0.29) is 0 Å². The van der Waals surface area contributed by atoms with Crippen molar-refractivity contribution < 1.29 is 9.53 Å². The van der Waals surface area contributed by atoms with Crippen LogP contribution in [0, 0.1) is 10.7 Å². The Hall–Kier alpha value is -1.67. The summed E-state index contributed by atoms with van der Waals surface area (Å²) in [7, 11) is 0. The van der Waals surface area contributed by atoms with Crippen LogP contribution in [0.1, 0.15) is 44.7 Å². The van der Waals surface area contributed by atoms with Gasteiger partial charge in [0, 0.05) is 10.6 Å². The molecule has 0 heterocycles. The molecule has 1 aromatic rings. The Morgan fingerprint density at radius 3 is 2.57 bits per heavy atom. The minimum atomic E-state index is -0.513. The van der Waals surface area contributed by atoms with Crippen molar-refractivity contribution in [2.75, 3.05) is 5.32 Å². The summed E-state index contributed by atoms with van der Waals surface area (Å²) in [5.74, 6) is 0. The zero-order valence-corrected chi connectivity index (χ0v) is 13.5. The maximum absolute atomic E-state index is 11.9. The van der Waals surface area contributed by atoms with Crippen LogP contribution in [0.5, 0.6) is 0 Å². The molecule has 1 aliphatic carbocycles. The van der Waals surface area contributed by atoms with Crippen molar-refractivity contribution in [2.45, 2.75) is 57.0 Å². The van der Waals surface area contributed by atoms with Crippen molar-refractivity contribution in [1.82, 2.24) is 0 Å². The van der Waals surface area contributed by atoms with Crippen molar-refractivity contribution in [3.63, 3.8) is 0 Å². The maximum atomic E-state index is 11.9. The number of carbonyl (C=O) groups excluding carboxylic acids is 1. The number of hydrogen-bond donors (Lipinski definition) is 1. The number of thiocyanates is 1. The van der Waals surface area contributed by atoms with Gasteiger partial charge in [0.05, 0.1) is 0 Å². The van der Waals surface area contributed by atoms with Gasteiger partial charge in [-0.05, 0) is 81.5 Å². The van der Waals surface area contributed by atoms with E-state index >= 15 is 0 Å². The van der Waals surface area contributed by atoms with Crippen LogP contribution in [-0.4, -0.2) is 11.7 Å². The quantitative estimate of drug-likeness (QED) is 0.646. The van der Waals surface area contributed by atoms with Crippen LogP contribution in [0.15, 0.2) is 17.0 Å². The molecule has 1 aromatic carbocycles. The molecular weight excluding hydrogens is 284 g/mol. The molecular formula is C16H20N2O2S. The minimum absolute atomic E-state index is 0.434. The average molecular weight is 304 g/mol. The van der Waals surface area contributed by atoms with Crippen molar-refractivity contribution in [3.8, 4) is 5.40 Å². The van der Waals surface area contributed by atoms with Gasteiger partial charge < -0.3 is 4.74 Å². The Morgan fingerprint density at radius 1 is 1.29 bits per heavy atom. The first-order chi connectivity index (χ1) is 9.90. The fourth-order valence-corrected chi connectivity index (χ4v) is 3.09. The summed E-state index contributed by atoms with van der Waals surface area (Å²) in [6.07, 6.45) is 3.69. The second-order valence-corrected chi connectivity index (χ2v) is 6.92. The standard InChI is InChI=1S/C16H20N2O2S/c1-16(2,3)20-15(19)18-13-8-9-14(21-10-17)12-7-5-4-6-11(12)13/h8-9H,4-7H2,1-3H3,(H,18,19). The third-order valence-corrected chi connectivity index (χ3v) is 3.98. The Labute approximate surface area is 129 Å². The number of ether oxygens (including phenoxy) is 1. The first kappa shape index (κ1) is 15.7. The number of benzene rings is 1. The third-order valence-electron chi connectivity index (χ3n) is 3.28. The van der Waals surface area contributed by atoms with Gasteiger partial charge in [-0.15, -0.1) is 0 Å². The van der Waals surface area contributed by atoms with Gasteiger partial charge in [-0.3, -0.25) is 5.32 Å². The number of nitrogens with one attached hydrogen (secondary N) is 1. The third kappa shape index (κ3) is 4.15. The van der Waals surface area contributed by atoms with Crippen LogP contribution in [0.4, 0.5) is 10.5 Å². The molecule has 0 saturated carbocycles. The van der Waals surface area contributed by atoms with Gasteiger partial charge in [-0.2, -0.15) is 5.26 Å². The van der Waals surface area contributed by atoms with Crippen LogP contribution in [0.2, 0.25) is 0 Å². The van der Waals surface area contributed by atoms with Gasteiger partial charge in [0.2, 0.25) is 0 Å². The molecule has 21 heavy (non-hydrogen) atoms. The normalized spacial score (nSPS) is 14.0. The molecule has 0 radical (unpaired) electrons. The SMILES string of the molecule is CC(C)(C)OC(=O)Nc1ccc(SC#N)c2c1CCCC2. The molecule has 0 aromatic heterocycles. The summed E-state index contributed by atoms with van der Waals surface area (Å²) in [5.41, 5.74) is 2.63. The van der Waals surface area contributed by atoms with E-state index in [0.29, 0.717) is 0 Å². The molecule has 112 valence electrons. The highest BCUT2D eigenvalue weighted by atomic mass is 32.2. The van der Waals surface area contributed by atoms with Crippen LogP contribution in [-0.2, 0) is 17.6 Å². The van der Waals surface area contributed by atoms with E-state index in [9.17, 15) is 4.79 Å². The molecule has 0 spiro atoms. The van der Waals surface area contributed by atoms with Crippen molar-refractivity contribution >= 4 is 23.5 Å². The highest BCUT2D eigenvalue weighted by Crippen LogP contribution is 2.35. The predicted molar refractivity (Wildman–Crippen MR) is 84.4 cm³/mol. The number of thioether (sulfide) groups is 1. The average Bonchev–Trinajstić information content (AvgIpc) is 2.40. The Balaban J connectivity index is 2.25. The van der Waals surface area contributed by atoms with Crippen LogP contribution in [0.3, 0.4) is 0 Å². The van der Waals surface area contributed by atoms with Gasteiger partial charge in [-0.25, -0.2) is 4.79 Å². The first-order valence-corrected chi connectivity index (χ1v) is 7.93. The largest absolute Gasteiger partial charge is 0.444 e. The van der Waals surface area contributed by atoms with Gasteiger partial charge in [0.1, 0.15) is 11.0 Å². The van der Waals surface area contributed by atoms with Crippen LogP contribution < -0.4 is 5.32 Å². The smallest absolute Gasteiger partial charge is 0.412 e. The fraction of sp³-hybridized carbons (Fsp3) is 0.500. The second-order valence-electron chi connectivity index (χ2n) is 6.10. The van der Waals surface area contributed by atoms with Gasteiger partial charge in [0.25, 0.3) is 0 Å². The minimum Gasteiger partial charge on any atom is -0.444 e. The molecule has 0 aliphatic heterocycles. The van der Waals surface area contributed by atoms with Gasteiger partial charge in [0.15, 0.2) is 0 Å². The number of hydrogen-bond acceptors (Lipinski definition) is 4. The Kier molecular flexibility index (Phi) is 4.79. The Bertz CT molecular complexity index is 585. The number of amides is 1. The topological polar surface area (TPSA) is 62.1 Å². The van der Waals surface area contributed by atoms with E-state index in [0.717, 1.165) is 41.8 Å². The second kappa shape index (κ2) is 6.40. The molecule has 1 aliphatic rings. The molecule has 0 bridgehead atoms. The molecule has 0 fully saturated rings.